The van der Waals surface area contributed by atoms with E-state index < -0.39 is 0 Å². The zero-order valence-electron chi connectivity index (χ0n) is 11.6. The van der Waals surface area contributed by atoms with Crippen LogP contribution < -0.4 is 10.1 Å². The van der Waals surface area contributed by atoms with E-state index in [1.165, 1.54) is 43.4 Å². The van der Waals surface area contributed by atoms with Gasteiger partial charge in [0.15, 0.2) is 0 Å². The van der Waals surface area contributed by atoms with Gasteiger partial charge in [-0.15, -0.1) is 10.2 Å². The molecule has 4 nitrogen and oxygen atoms in total. The van der Waals surface area contributed by atoms with E-state index >= 15 is 0 Å². The number of rotatable bonds is 11. The molecule has 5 heteroatoms. The fraction of sp³-hybridized carbons (Fsp3) is 0.846. The number of nitrogens with zero attached hydrogens (tertiary/aromatic N) is 2. The number of hydrogen-bond donors (Lipinski definition) is 1. The van der Waals surface area contributed by atoms with Gasteiger partial charge in [-0.25, -0.2) is 0 Å². The minimum absolute atomic E-state index is 0.705. The topological polar surface area (TPSA) is 47.0 Å². The third-order valence-electron chi connectivity index (χ3n) is 2.70. The largest absolute Gasteiger partial charge is 0.469 e. The molecule has 0 aromatic carbocycles. The van der Waals surface area contributed by atoms with Crippen molar-refractivity contribution < 1.29 is 4.74 Å². The van der Waals surface area contributed by atoms with Gasteiger partial charge in [0.1, 0.15) is 5.01 Å². The smallest absolute Gasteiger partial charge is 0.294 e. The van der Waals surface area contributed by atoms with Gasteiger partial charge in [0.2, 0.25) is 0 Å². The van der Waals surface area contributed by atoms with Crippen LogP contribution in [-0.4, -0.2) is 23.3 Å². The average Bonchev–Trinajstić information content (AvgIpc) is 2.83. The summed E-state index contributed by atoms with van der Waals surface area (Å²) < 4.78 is 5.59. The van der Waals surface area contributed by atoms with Crippen LogP contribution in [0, 0.1) is 0 Å². The monoisotopic (exact) mass is 271 g/mol. The molecular formula is C13H25N3OS. The first-order valence-electron chi connectivity index (χ1n) is 7.02. The van der Waals surface area contributed by atoms with Crippen LogP contribution in [0.3, 0.4) is 0 Å². The lowest BCUT2D eigenvalue weighted by Crippen LogP contribution is -2.11. The van der Waals surface area contributed by atoms with Crippen LogP contribution >= 0.6 is 11.3 Å². The minimum Gasteiger partial charge on any atom is -0.469 e. The first kappa shape index (κ1) is 15.4. The van der Waals surface area contributed by atoms with Gasteiger partial charge in [0.05, 0.1) is 6.61 Å². The molecule has 0 spiro atoms. The Morgan fingerprint density at radius 1 is 1.06 bits per heavy atom. The fourth-order valence-electron chi connectivity index (χ4n) is 1.64. The van der Waals surface area contributed by atoms with E-state index in [1.54, 1.807) is 0 Å². The van der Waals surface area contributed by atoms with E-state index in [9.17, 15) is 0 Å². The van der Waals surface area contributed by atoms with E-state index in [2.05, 4.69) is 29.4 Å². The van der Waals surface area contributed by atoms with Crippen molar-refractivity contribution >= 4 is 11.3 Å². The number of aromatic nitrogens is 2. The lowest BCUT2D eigenvalue weighted by Gasteiger charge is -2.01. The maximum atomic E-state index is 5.59. The third kappa shape index (κ3) is 6.91. The van der Waals surface area contributed by atoms with Gasteiger partial charge in [0, 0.05) is 6.54 Å². The molecule has 104 valence electrons. The molecule has 0 amide bonds. The summed E-state index contributed by atoms with van der Waals surface area (Å²) in [7, 11) is 0. The Bertz CT molecular complexity index is 304. The van der Waals surface area contributed by atoms with Crippen LogP contribution in [0.2, 0.25) is 0 Å². The molecule has 0 fully saturated rings. The normalized spacial score (nSPS) is 10.8. The van der Waals surface area contributed by atoms with Crippen molar-refractivity contribution in [3.8, 4) is 5.19 Å². The number of unbranched alkanes of at least 4 members (excludes halogenated alkanes) is 5. The molecule has 18 heavy (non-hydrogen) atoms. The van der Waals surface area contributed by atoms with Crippen LogP contribution in [0.25, 0.3) is 0 Å². The Balaban J connectivity index is 2.03. The highest BCUT2D eigenvalue weighted by molar-refractivity contribution is 7.13. The summed E-state index contributed by atoms with van der Waals surface area (Å²) in [6, 6.07) is 0. The Labute approximate surface area is 114 Å². The van der Waals surface area contributed by atoms with Gasteiger partial charge >= 0.3 is 0 Å². The Hall–Kier alpha value is -0.680. The number of nitrogens with one attached hydrogen (secondary N) is 1. The predicted octanol–water partition coefficient (Wildman–Crippen LogP) is 3.39. The summed E-state index contributed by atoms with van der Waals surface area (Å²) in [5, 5.41) is 13.0. The van der Waals surface area contributed by atoms with Crippen LogP contribution in [0.15, 0.2) is 0 Å². The standard InChI is InChI=1S/C13H25N3OS/c1-3-5-6-7-8-9-10-17-13-16-15-12(18-13)11-14-4-2/h14H,3-11H2,1-2H3. The van der Waals surface area contributed by atoms with E-state index in [4.69, 9.17) is 4.74 Å². The highest BCUT2D eigenvalue weighted by Crippen LogP contribution is 2.18. The summed E-state index contributed by atoms with van der Waals surface area (Å²) in [6.07, 6.45) is 7.69. The average molecular weight is 271 g/mol. The fourth-order valence-corrected chi connectivity index (χ4v) is 2.32. The summed E-state index contributed by atoms with van der Waals surface area (Å²) in [5.41, 5.74) is 0. The molecular weight excluding hydrogens is 246 g/mol. The molecule has 0 aliphatic rings. The highest BCUT2D eigenvalue weighted by Gasteiger charge is 2.03. The van der Waals surface area contributed by atoms with Gasteiger partial charge in [-0.2, -0.15) is 0 Å². The van der Waals surface area contributed by atoms with Gasteiger partial charge in [-0.05, 0) is 13.0 Å². The molecule has 0 aliphatic carbocycles. The van der Waals surface area contributed by atoms with Crippen molar-refractivity contribution in [1.29, 1.82) is 0 Å². The van der Waals surface area contributed by atoms with E-state index in [-0.39, 0.29) is 0 Å². The quantitative estimate of drug-likeness (QED) is 0.627. The number of hydrogen-bond acceptors (Lipinski definition) is 5. The first-order chi connectivity index (χ1) is 8.86. The molecule has 1 rings (SSSR count). The van der Waals surface area contributed by atoms with Crippen molar-refractivity contribution in [1.82, 2.24) is 15.5 Å². The Morgan fingerprint density at radius 3 is 2.61 bits per heavy atom. The molecule has 0 radical (unpaired) electrons. The lowest BCUT2D eigenvalue weighted by molar-refractivity contribution is 0.300. The maximum Gasteiger partial charge on any atom is 0.294 e. The maximum absolute atomic E-state index is 5.59. The predicted molar refractivity (Wildman–Crippen MR) is 76.2 cm³/mol. The van der Waals surface area contributed by atoms with Gasteiger partial charge in [-0.3, -0.25) is 0 Å². The summed E-state index contributed by atoms with van der Waals surface area (Å²) in [4.78, 5) is 0. The van der Waals surface area contributed by atoms with Crippen molar-refractivity contribution in [3.05, 3.63) is 5.01 Å². The summed E-state index contributed by atoms with van der Waals surface area (Å²) >= 11 is 1.54. The van der Waals surface area contributed by atoms with Crippen LogP contribution in [0.4, 0.5) is 0 Å². The second kappa shape index (κ2) is 10.3. The molecule has 0 unspecified atom stereocenters. The Kier molecular flexibility index (Phi) is 8.77. The molecule has 1 aromatic rings. The van der Waals surface area contributed by atoms with E-state index in [1.807, 2.05) is 0 Å². The molecule has 0 aliphatic heterocycles. The second-order valence-electron chi connectivity index (χ2n) is 4.36. The molecule has 0 saturated heterocycles. The lowest BCUT2D eigenvalue weighted by atomic mass is 10.1. The molecule has 1 aromatic heterocycles. The number of ether oxygens (including phenoxy) is 1. The van der Waals surface area contributed by atoms with E-state index in [0.717, 1.165) is 31.1 Å². The van der Waals surface area contributed by atoms with E-state index in [0.29, 0.717) is 5.19 Å². The molecule has 0 bridgehead atoms. The second-order valence-corrected chi connectivity index (χ2v) is 5.38. The first-order valence-corrected chi connectivity index (χ1v) is 7.84. The van der Waals surface area contributed by atoms with Gasteiger partial charge in [-0.1, -0.05) is 57.3 Å². The summed E-state index contributed by atoms with van der Waals surface area (Å²) in [5.74, 6) is 0. The van der Waals surface area contributed by atoms with Crippen LogP contribution in [0.5, 0.6) is 5.19 Å². The SMILES string of the molecule is CCCCCCCCOc1nnc(CNCC)s1. The van der Waals surface area contributed by atoms with Crippen molar-refractivity contribution in [2.75, 3.05) is 13.2 Å². The van der Waals surface area contributed by atoms with Crippen molar-refractivity contribution in [3.63, 3.8) is 0 Å². The highest BCUT2D eigenvalue weighted by atomic mass is 32.1. The Morgan fingerprint density at radius 2 is 1.83 bits per heavy atom. The third-order valence-corrected chi connectivity index (χ3v) is 3.53. The van der Waals surface area contributed by atoms with Crippen LogP contribution in [-0.2, 0) is 6.54 Å². The molecule has 0 saturated carbocycles. The van der Waals surface area contributed by atoms with Crippen LogP contribution in [0.1, 0.15) is 57.4 Å². The zero-order valence-corrected chi connectivity index (χ0v) is 12.4. The molecule has 1 heterocycles. The minimum atomic E-state index is 0.705. The summed E-state index contributed by atoms with van der Waals surface area (Å²) in [6.45, 7) is 6.82. The van der Waals surface area contributed by atoms with Gasteiger partial charge in [0.25, 0.3) is 5.19 Å². The zero-order chi connectivity index (χ0) is 13.1. The molecule has 0 atom stereocenters. The molecule has 1 N–H and O–H groups in total. The van der Waals surface area contributed by atoms with Crippen molar-refractivity contribution in [2.45, 2.75) is 58.9 Å². The van der Waals surface area contributed by atoms with Crippen molar-refractivity contribution in [2.24, 2.45) is 0 Å². The van der Waals surface area contributed by atoms with Gasteiger partial charge < -0.3 is 10.1 Å².